The number of benzene rings is 1. The van der Waals surface area contributed by atoms with Crippen LogP contribution in [0.1, 0.15) is 12.0 Å². The van der Waals surface area contributed by atoms with Crippen LogP contribution in [0.5, 0.6) is 5.75 Å². The first kappa shape index (κ1) is 23.7. The summed E-state index contributed by atoms with van der Waals surface area (Å²) in [6, 6.07) is 5.29. The highest BCUT2D eigenvalue weighted by molar-refractivity contribution is 14.0. The zero-order valence-corrected chi connectivity index (χ0v) is 16.5. The zero-order chi connectivity index (χ0) is 18.2. The monoisotopic (exact) mass is 496 g/mol. The molecule has 0 unspecified atom stereocenters. The molecule has 4 N–H and O–H groups in total. The fourth-order valence-corrected chi connectivity index (χ4v) is 2.11. The minimum absolute atomic E-state index is 0. The van der Waals surface area contributed by atoms with Crippen LogP contribution in [-0.4, -0.2) is 40.1 Å². The Balaban J connectivity index is 0.00000576. The van der Waals surface area contributed by atoms with Crippen molar-refractivity contribution in [2.45, 2.75) is 19.3 Å². The van der Waals surface area contributed by atoms with Crippen molar-refractivity contribution in [3.05, 3.63) is 29.8 Å². The molecule has 0 aliphatic carbocycles. The largest absolute Gasteiger partial charge is 0.573 e. The minimum atomic E-state index is -4.72. The van der Waals surface area contributed by atoms with Crippen LogP contribution in [0.4, 0.5) is 13.2 Å². The molecule has 0 saturated carbocycles. The number of hydrogen-bond acceptors (Lipinski definition) is 4. The molecule has 25 heavy (non-hydrogen) atoms. The quantitative estimate of drug-likeness (QED) is 0.219. The number of nitrogens with one attached hydrogen (secondary N) is 2. The Morgan fingerprint density at radius 1 is 1.24 bits per heavy atom. The first-order valence-corrected chi connectivity index (χ1v) is 8.77. The van der Waals surface area contributed by atoms with Gasteiger partial charge in [0.1, 0.15) is 5.75 Å². The lowest BCUT2D eigenvalue weighted by atomic mass is 10.2. The Labute approximate surface area is 161 Å². The molecule has 0 aliphatic rings. The molecule has 12 heteroatoms. The number of rotatable bonds is 8. The Morgan fingerprint density at radius 3 is 2.36 bits per heavy atom. The van der Waals surface area contributed by atoms with Gasteiger partial charge >= 0.3 is 6.36 Å². The van der Waals surface area contributed by atoms with E-state index < -0.39 is 16.4 Å². The molecular formula is C13H20F3IN4O3S. The Kier molecular flexibility index (Phi) is 10.1. The van der Waals surface area contributed by atoms with Crippen LogP contribution in [0.3, 0.4) is 0 Å². The molecule has 0 atom stereocenters. The molecule has 0 fully saturated rings. The Hall–Kier alpha value is -1.28. The van der Waals surface area contributed by atoms with E-state index in [0.29, 0.717) is 18.5 Å². The van der Waals surface area contributed by atoms with Crippen molar-refractivity contribution in [2.24, 2.45) is 10.7 Å². The summed E-state index contributed by atoms with van der Waals surface area (Å²) >= 11 is 0. The molecule has 0 aliphatic heterocycles. The first-order valence-electron chi connectivity index (χ1n) is 6.88. The Bertz CT molecular complexity index is 651. The predicted octanol–water partition coefficient (Wildman–Crippen LogP) is 1.55. The van der Waals surface area contributed by atoms with Crippen molar-refractivity contribution >= 4 is 40.0 Å². The highest BCUT2D eigenvalue weighted by Crippen LogP contribution is 2.22. The van der Waals surface area contributed by atoms with Gasteiger partial charge in [-0.15, -0.1) is 37.1 Å². The zero-order valence-electron chi connectivity index (χ0n) is 13.3. The van der Waals surface area contributed by atoms with E-state index in [9.17, 15) is 21.6 Å². The standard InChI is InChI=1S/C13H19F3N4O3S.HI/c1-24(21,22)20-8-2-7-18-12(17)19-9-10-3-5-11(6-4-10)23-13(14,15)16;/h3-6,20H,2,7-9H2,1H3,(H3,17,18,19);1H. The molecular weight excluding hydrogens is 476 g/mol. The molecule has 144 valence electrons. The van der Waals surface area contributed by atoms with E-state index >= 15 is 0 Å². The van der Waals surface area contributed by atoms with Gasteiger partial charge in [0.2, 0.25) is 10.0 Å². The molecule has 0 aromatic heterocycles. The van der Waals surface area contributed by atoms with Gasteiger partial charge in [-0.05, 0) is 24.1 Å². The number of sulfonamides is 1. The highest BCUT2D eigenvalue weighted by atomic mass is 127. The second-order valence-corrected chi connectivity index (χ2v) is 6.67. The van der Waals surface area contributed by atoms with Crippen molar-refractivity contribution in [3.8, 4) is 5.75 Å². The van der Waals surface area contributed by atoms with E-state index in [2.05, 4.69) is 19.8 Å². The van der Waals surface area contributed by atoms with Crippen LogP contribution in [0, 0.1) is 0 Å². The van der Waals surface area contributed by atoms with Crippen LogP contribution < -0.4 is 20.5 Å². The summed E-state index contributed by atoms with van der Waals surface area (Å²) in [5, 5.41) is 2.80. The molecule has 0 spiro atoms. The lowest BCUT2D eigenvalue weighted by Gasteiger charge is -2.09. The van der Waals surface area contributed by atoms with E-state index in [1.165, 1.54) is 24.3 Å². The van der Waals surface area contributed by atoms with Gasteiger partial charge in [-0.3, -0.25) is 0 Å². The fourth-order valence-electron chi connectivity index (χ4n) is 1.59. The van der Waals surface area contributed by atoms with Crippen LogP contribution in [0.25, 0.3) is 0 Å². The molecule has 7 nitrogen and oxygen atoms in total. The number of guanidine groups is 1. The molecule has 0 heterocycles. The van der Waals surface area contributed by atoms with Crippen molar-refractivity contribution < 1.29 is 26.3 Å². The van der Waals surface area contributed by atoms with Gasteiger partial charge in [-0.1, -0.05) is 12.1 Å². The number of alkyl halides is 3. The lowest BCUT2D eigenvalue weighted by Crippen LogP contribution is -2.34. The Morgan fingerprint density at radius 2 is 1.84 bits per heavy atom. The number of aliphatic imine (C=N–C) groups is 1. The second-order valence-electron chi connectivity index (χ2n) is 4.84. The van der Waals surface area contributed by atoms with E-state index in [-0.39, 0.29) is 48.8 Å². The highest BCUT2D eigenvalue weighted by Gasteiger charge is 2.30. The molecule has 1 aromatic carbocycles. The van der Waals surface area contributed by atoms with Crippen LogP contribution in [-0.2, 0) is 16.6 Å². The van der Waals surface area contributed by atoms with Crippen molar-refractivity contribution in [2.75, 3.05) is 19.3 Å². The summed E-state index contributed by atoms with van der Waals surface area (Å²) in [6.07, 6.45) is -3.13. The van der Waals surface area contributed by atoms with Crippen molar-refractivity contribution in [3.63, 3.8) is 0 Å². The molecule has 0 bridgehead atoms. The third kappa shape index (κ3) is 12.7. The van der Waals surface area contributed by atoms with Gasteiger partial charge in [-0.2, -0.15) is 0 Å². The molecule has 0 amide bonds. The lowest BCUT2D eigenvalue weighted by molar-refractivity contribution is -0.274. The predicted molar refractivity (Wildman–Crippen MR) is 99.3 cm³/mol. The number of ether oxygens (including phenoxy) is 1. The third-order valence-electron chi connectivity index (χ3n) is 2.61. The average molecular weight is 496 g/mol. The van der Waals surface area contributed by atoms with E-state index in [4.69, 9.17) is 5.73 Å². The molecule has 1 aromatic rings. The van der Waals surface area contributed by atoms with Gasteiger partial charge in [0, 0.05) is 13.1 Å². The van der Waals surface area contributed by atoms with Crippen LogP contribution in [0.15, 0.2) is 29.3 Å². The van der Waals surface area contributed by atoms with Gasteiger partial charge in [0.05, 0.1) is 12.8 Å². The van der Waals surface area contributed by atoms with Gasteiger partial charge in [0.25, 0.3) is 0 Å². The average Bonchev–Trinajstić information content (AvgIpc) is 2.43. The maximum Gasteiger partial charge on any atom is 0.573 e. The summed E-state index contributed by atoms with van der Waals surface area (Å²) in [5.74, 6) is -0.148. The normalized spacial score (nSPS) is 12.4. The molecule has 0 saturated heterocycles. The van der Waals surface area contributed by atoms with E-state index in [0.717, 1.165) is 6.26 Å². The van der Waals surface area contributed by atoms with Crippen LogP contribution in [0.2, 0.25) is 0 Å². The summed E-state index contributed by atoms with van der Waals surface area (Å²) < 4.78 is 63.9. The third-order valence-corrected chi connectivity index (χ3v) is 3.34. The summed E-state index contributed by atoms with van der Waals surface area (Å²) in [7, 11) is -3.21. The van der Waals surface area contributed by atoms with Crippen LogP contribution >= 0.6 is 24.0 Å². The maximum absolute atomic E-state index is 12.0. The first-order chi connectivity index (χ1) is 11.1. The SMILES string of the molecule is CS(=O)(=O)NCCCNC(N)=NCc1ccc(OC(F)(F)F)cc1.I. The smallest absolute Gasteiger partial charge is 0.406 e. The van der Waals surface area contributed by atoms with E-state index in [1.807, 2.05) is 0 Å². The second kappa shape index (κ2) is 10.7. The molecule has 1 rings (SSSR count). The summed E-state index contributed by atoms with van der Waals surface area (Å²) in [4.78, 5) is 4.03. The summed E-state index contributed by atoms with van der Waals surface area (Å²) in [6.45, 7) is 0.892. The van der Waals surface area contributed by atoms with Crippen molar-refractivity contribution in [1.29, 1.82) is 0 Å². The van der Waals surface area contributed by atoms with E-state index in [1.54, 1.807) is 0 Å². The summed E-state index contributed by atoms with van der Waals surface area (Å²) in [5.41, 5.74) is 6.29. The number of nitrogens with zero attached hydrogens (tertiary/aromatic N) is 1. The van der Waals surface area contributed by atoms with Crippen molar-refractivity contribution in [1.82, 2.24) is 10.0 Å². The number of hydrogen-bond donors (Lipinski definition) is 3. The maximum atomic E-state index is 12.0. The number of halogens is 4. The fraction of sp³-hybridized carbons (Fsp3) is 0.462. The van der Waals surface area contributed by atoms with Gasteiger partial charge in [0.15, 0.2) is 5.96 Å². The number of nitrogens with two attached hydrogens (primary N) is 1. The minimum Gasteiger partial charge on any atom is -0.406 e. The topological polar surface area (TPSA) is 106 Å². The van der Waals surface area contributed by atoms with Gasteiger partial charge in [-0.25, -0.2) is 18.1 Å². The molecule has 0 radical (unpaired) electrons. The van der Waals surface area contributed by atoms with Gasteiger partial charge < -0.3 is 15.8 Å².